The second kappa shape index (κ2) is 8.68. The number of morpholine rings is 1. The number of nitrogens with two attached hydrogens (primary N) is 1. The zero-order valence-electron chi connectivity index (χ0n) is 18.0. The summed E-state index contributed by atoms with van der Waals surface area (Å²) in [5, 5.41) is 1.11. The summed E-state index contributed by atoms with van der Waals surface area (Å²) in [5.74, 6) is 0.300. The second-order valence-corrected chi connectivity index (χ2v) is 8.14. The molecule has 32 heavy (non-hydrogen) atoms. The number of anilines is 1. The SMILES string of the molecule is CCn1cc(CN2CCOC(c3ccc(-c4ccc(N)nc4)cn3)C2)c2ccc(F)cc21. The van der Waals surface area contributed by atoms with E-state index in [2.05, 4.69) is 32.6 Å². The summed E-state index contributed by atoms with van der Waals surface area (Å²) in [5.41, 5.74) is 10.7. The molecule has 164 valence electrons. The predicted molar refractivity (Wildman–Crippen MR) is 123 cm³/mol. The molecule has 0 radical (unpaired) electrons. The zero-order chi connectivity index (χ0) is 22.1. The minimum Gasteiger partial charge on any atom is -0.384 e. The first-order valence-corrected chi connectivity index (χ1v) is 10.9. The third-order valence-electron chi connectivity index (χ3n) is 6.05. The summed E-state index contributed by atoms with van der Waals surface area (Å²) in [4.78, 5) is 11.2. The van der Waals surface area contributed by atoms with Crippen molar-refractivity contribution >= 4 is 16.7 Å². The van der Waals surface area contributed by atoms with Crippen molar-refractivity contribution in [2.75, 3.05) is 25.4 Å². The molecule has 0 spiro atoms. The Bertz CT molecular complexity index is 1220. The Labute approximate surface area is 186 Å². The molecule has 1 unspecified atom stereocenters. The zero-order valence-corrected chi connectivity index (χ0v) is 18.0. The van der Waals surface area contributed by atoms with Crippen molar-refractivity contribution in [3.63, 3.8) is 0 Å². The van der Waals surface area contributed by atoms with Gasteiger partial charge < -0.3 is 15.0 Å². The number of halogens is 1. The average Bonchev–Trinajstić information content (AvgIpc) is 3.16. The fraction of sp³-hybridized carbons (Fsp3) is 0.280. The van der Waals surface area contributed by atoms with E-state index >= 15 is 0 Å². The number of aryl methyl sites for hydroxylation is 1. The summed E-state index contributed by atoms with van der Waals surface area (Å²) in [6.07, 6.45) is 5.67. The highest BCUT2D eigenvalue weighted by Gasteiger charge is 2.24. The highest BCUT2D eigenvalue weighted by molar-refractivity contribution is 5.84. The summed E-state index contributed by atoms with van der Waals surface area (Å²) >= 11 is 0. The molecule has 4 heterocycles. The number of ether oxygens (including phenoxy) is 1. The van der Waals surface area contributed by atoms with Gasteiger partial charge in [0.2, 0.25) is 0 Å². The van der Waals surface area contributed by atoms with Gasteiger partial charge in [0, 0.05) is 61.3 Å². The molecule has 0 saturated carbocycles. The smallest absolute Gasteiger partial charge is 0.125 e. The number of benzene rings is 1. The van der Waals surface area contributed by atoms with Gasteiger partial charge in [0.05, 0.1) is 17.8 Å². The van der Waals surface area contributed by atoms with Gasteiger partial charge in [-0.3, -0.25) is 9.88 Å². The molecular weight excluding hydrogens is 405 g/mol. The first-order chi connectivity index (χ1) is 15.6. The van der Waals surface area contributed by atoms with Gasteiger partial charge in [-0.25, -0.2) is 9.37 Å². The maximum absolute atomic E-state index is 13.8. The van der Waals surface area contributed by atoms with E-state index in [1.807, 2.05) is 30.5 Å². The van der Waals surface area contributed by atoms with Crippen LogP contribution in [0.3, 0.4) is 0 Å². The van der Waals surface area contributed by atoms with Crippen LogP contribution in [0.5, 0.6) is 0 Å². The van der Waals surface area contributed by atoms with E-state index in [0.29, 0.717) is 12.4 Å². The summed E-state index contributed by atoms with van der Waals surface area (Å²) in [6, 6.07) is 12.8. The topological polar surface area (TPSA) is 69.2 Å². The molecule has 1 atom stereocenters. The van der Waals surface area contributed by atoms with Crippen LogP contribution in [0.2, 0.25) is 0 Å². The van der Waals surface area contributed by atoms with Crippen LogP contribution in [0.1, 0.15) is 24.3 Å². The maximum Gasteiger partial charge on any atom is 0.125 e. The second-order valence-electron chi connectivity index (χ2n) is 8.14. The van der Waals surface area contributed by atoms with Crippen LogP contribution in [-0.2, 0) is 17.8 Å². The Balaban J connectivity index is 1.32. The van der Waals surface area contributed by atoms with Gasteiger partial charge in [-0.05, 0) is 48.9 Å². The molecule has 3 aromatic heterocycles. The van der Waals surface area contributed by atoms with E-state index in [1.54, 1.807) is 18.3 Å². The summed E-state index contributed by atoms with van der Waals surface area (Å²) in [6.45, 7) is 5.95. The van der Waals surface area contributed by atoms with Crippen molar-refractivity contribution in [2.45, 2.75) is 26.1 Å². The number of fused-ring (bicyclic) bond motifs is 1. The van der Waals surface area contributed by atoms with Crippen molar-refractivity contribution in [1.82, 2.24) is 19.4 Å². The van der Waals surface area contributed by atoms with E-state index in [0.717, 1.165) is 53.9 Å². The lowest BCUT2D eigenvalue weighted by molar-refractivity contribution is -0.0348. The monoisotopic (exact) mass is 431 g/mol. The molecule has 6 nitrogen and oxygen atoms in total. The molecule has 5 rings (SSSR count). The molecular formula is C25H26FN5O. The minimum atomic E-state index is -0.201. The number of rotatable bonds is 5. The van der Waals surface area contributed by atoms with Gasteiger partial charge in [0.15, 0.2) is 0 Å². The van der Waals surface area contributed by atoms with Crippen LogP contribution >= 0.6 is 0 Å². The normalized spacial score (nSPS) is 17.1. The molecule has 0 amide bonds. The molecule has 0 bridgehead atoms. The standard InChI is InChI=1S/C25H26FN5O/c1-2-31-15-19(21-6-5-20(26)11-23(21)31)14-30-9-10-32-24(16-30)22-7-3-17(12-28-22)18-4-8-25(27)29-13-18/h3-8,11-13,15,24H,2,9-10,14,16H2,1H3,(H2,27,29). The van der Waals surface area contributed by atoms with Crippen LogP contribution in [0, 0.1) is 5.82 Å². The molecule has 1 aliphatic rings. The van der Waals surface area contributed by atoms with E-state index in [4.69, 9.17) is 10.5 Å². The highest BCUT2D eigenvalue weighted by Crippen LogP contribution is 2.28. The average molecular weight is 432 g/mol. The summed E-state index contributed by atoms with van der Waals surface area (Å²) < 4.78 is 21.9. The highest BCUT2D eigenvalue weighted by atomic mass is 19.1. The third-order valence-corrected chi connectivity index (χ3v) is 6.05. The van der Waals surface area contributed by atoms with E-state index < -0.39 is 0 Å². The quantitative estimate of drug-likeness (QED) is 0.507. The number of hydrogen-bond acceptors (Lipinski definition) is 5. The third kappa shape index (κ3) is 4.09. The van der Waals surface area contributed by atoms with Crippen LogP contribution in [0.4, 0.5) is 10.2 Å². The Kier molecular flexibility index (Phi) is 5.59. The number of pyridine rings is 2. The molecule has 0 aliphatic carbocycles. The molecule has 1 saturated heterocycles. The Morgan fingerprint density at radius 3 is 2.62 bits per heavy atom. The fourth-order valence-corrected chi connectivity index (χ4v) is 4.34. The summed E-state index contributed by atoms with van der Waals surface area (Å²) in [7, 11) is 0. The number of nitrogens with zero attached hydrogens (tertiary/aromatic N) is 4. The Morgan fingerprint density at radius 2 is 1.91 bits per heavy atom. The van der Waals surface area contributed by atoms with Crippen LogP contribution < -0.4 is 5.73 Å². The van der Waals surface area contributed by atoms with Crippen molar-refractivity contribution in [3.05, 3.63) is 78.1 Å². The van der Waals surface area contributed by atoms with Gasteiger partial charge in [0.25, 0.3) is 0 Å². The Morgan fingerprint density at radius 1 is 1.09 bits per heavy atom. The lowest BCUT2D eigenvalue weighted by Gasteiger charge is -2.32. The predicted octanol–water partition coefficient (Wildman–Crippen LogP) is 4.41. The van der Waals surface area contributed by atoms with Crippen LogP contribution in [0.15, 0.2) is 61.1 Å². The first kappa shape index (κ1) is 20.6. The maximum atomic E-state index is 13.8. The van der Waals surface area contributed by atoms with Gasteiger partial charge in [-0.15, -0.1) is 0 Å². The first-order valence-electron chi connectivity index (χ1n) is 10.9. The number of aromatic nitrogens is 3. The Hall–Kier alpha value is -3.29. The van der Waals surface area contributed by atoms with Crippen molar-refractivity contribution in [3.8, 4) is 11.1 Å². The van der Waals surface area contributed by atoms with E-state index in [-0.39, 0.29) is 11.9 Å². The number of hydrogen-bond donors (Lipinski definition) is 1. The minimum absolute atomic E-state index is 0.0840. The number of nitrogen functional groups attached to an aromatic ring is 1. The molecule has 4 aromatic rings. The van der Waals surface area contributed by atoms with Crippen molar-refractivity contribution < 1.29 is 9.13 Å². The van der Waals surface area contributed by atoms with E-state index in [1.165, 1.54) is 11.6 Å². The molecule has 7 heteroatoms. The lowest BCUT2D eigenvalue weighted by Crippen LogP contribution is -2.38. The van der Waals surface area contributed by atoms with Gasteiger partial charge in [-0.2, -0.15) is 0 Å². The van der Waals surface area contributed by atoms with Crippen molar-refractivity contribution in [2.24, 2.45) is 0 Å². The lowest BCUT2D eigenvalue weighted by atomic mass is 10.1. The molecule has 1 aromatic carbocycles. The van der Waals surface area contributed by atoms with Crippen LogP contribution in [-0.4, -0.2) is 39.1 Å². The van der Waals surface area contributed by atoms with E-state index in [9.17, 15) is 4.39 Å². The van der Waals surface area contributed by atoms with Gasteiger partial charge >= 0.3 is 0 Å². The fourth-order valence-electron chi connectivity index (χ4n) is 4.34. The van der Waals surface area contributed by atoms with Gasteiger partial charge in [0.1, 0.15) is 17.7 Å². The van der Waals surface area contributed by atoms with Crippen LogP contribution in [0.25, 0.3) is 22.0 Å². The largest absolute Gasteiger partial charge is 0.384 e. The van der Waals surface area contributed by atoms with Crippen molar-refractivity contribution in [1.29, 1.82) is 0 Å². The van der Waals surface area contributed by atoms with Gasteiger partial charge in [-0.1, -0.05) is 6.07 Å². The molecule has 1 fully saturated rings. The molecule has 1 aliphatic heterocycles. The molecule has 2 N–H and O–H groups in total.